The highest BCUT2D eigenvalue weighted by atomic mass is 16.1. The van der Waals surface area contributed by atoms with Gasteiger partial charge in [0.1, 0.15) is 0 Å². The summed E-state index contributed by atoms with van der Waals surface area (Å²) in [4.78, 5) is 11.6. The molecule has 0 bridgehead atoms. The Kier molecular flexibility index (Phi) is 3.32. The number of ketones is 1. The molecule has 0 saturated carbocycles. The minimum absolute atomic E-state index is 0.0350. The fourth-order valence-corrected chi connectivity index (χ4v) is 3.90. The van der Waals surface area contributed by atoms with Crippen molar-refractivity contribution in [3.63, 3.8) is 0 Å². The van der Waals surface area contributed by atoms with Gasteiger partial charge in [0.25, 0.3) is 0 Å². The van der Waals surface area contributed by atoms with Crippen molar-refractivity contribution in [3.8, 4) is 22.3 Å². The summed E-state index contributed by atoms with van der Waals surface area (Å²) in [5.74, 6) is 0.0350. The van der Waals surface area contributed by atoms with Crippen LogP contribution in [0.2, 0.25) is 0 Å². The van der Waals surface area contributed by atoms with Crippen LogP contribution in [0.15, 0.2) is 103 Å². The summed E-state index contributed by atoms with van der Waals surface area (Å²) < 4.78 is 0. The van der Waals surface area contributed by atoms with Crippen molar-refractivity contribution in [1.82, 2.24) is 0 Å². The highest BCUT2D eigenvalue weighted by molar-refractivity contribution is 6.06. The Morgan fingerprint density at radius 3 is 1.19 bits per heavy atom. The second kappa shape index (κ2) is 5.82. The molecule has 2 aliphatic carbocycles. The number of hydrogen-bond acceptors (Lipinski definition) is 1. The maximum atomic E-state index is 11.6. The van der Waals surface area contributed by atoms with Crippen LogP contribution in [-0.4, -0.2) is 5.78 Å². The molecule has 0 fully saturated rings. The Morgan fingerprint density at radius 2 is 0.769 bits per heavy atom. The van der Waals surface area contributed by atoms with Gasteiger partial charge in [0.05, 0.1) is 0 Å². The van der Waals surface area contributed by atoms with Crippen LogP contribution in [0.1, 0.15) is 11.1 Å². The van der Waals surface area contributed by atoms with Crippen LogP contribution < -0.4 is 0 Å². The van der Waals surface area contributed by atoms with Gasteiger partial charge in [0.2, 0.25) is 0 Å². The van der Waals surface area contributed by atoms with Gasteiger partial charge < -0.3 is 0 Å². The van der Waals surface area contributed by atoms with Gasteiger partial charge in [-0.15, -0.1) is 0 Å². The van der Waals surface area contributed by atoms with E-state index in [2.05, 4.69) is 72.8 Å². The fourth-order valence-electron chi connectivity index (χ4n) is 3.90. The first kappa shape index (κ1) is 14.9. The van der Waals surface area contributed by atoms with Gasteiger partial charge in [-0.05, 0) is 56.7 Å². The van der Waals surface area contributed by atoms with Gasteiger partial charge in [-0.3, -0.25) is 4.79 Å². The monoisotopic (exact) mass is 332 g/mol. The molecule has 3 aromatic rings. The lowest BCUT2D eigenvalue weighted by Gasteiger charge is -2.15. The number of carbonyl (C=O) groups excluding carboxylic acids is 1. The normalized spacial score (nSPS) is 14.5. The third kappa shape index (κ3) is 2.21. The molecule has 0 aromatic heterocycles. The van der Waals surface area contributed by atoms with Crippen LogP contribution >= 0.6 is 0 Å². The topological polar surface area (TPSA) is 17.1 Å². The van der Waals surface area contributed by atoms with E-state index in [1.165, 1.54) is 39.0 Å². The quantitative estimate of drug-likeness (QED) is 0.396. The average Bonchev–Trinajstić information content (AvgIpc) is 2.82. The lowest BCUT2D eigenvalue weighted by molar-refractivity contribution is -0.110. The molecule has 0 aliphatic heterocycles. The zero-order valence-electron chi connectivity index (χ0n) is 14.1. The van der Waals surface area contributed by atoms with Gasteiger partial charge in [-0.1, -0.05) is 84.9 Å². The molecule has 1 heteroatoms. The van der Waals surface area contributed by atoms with Gasteiger partial charge in [-0.2, -0.15) is 0 Å². The molecule has 0 saturated heterocycles. The summed E-state index contributed by atoms with van der Waals surface area (Å²) in [5.41, 5.74) is 9.56. The third-order valence-corrected chi connectivity index (χ3v) is 5.04. The van der Waals surface area contributed by atoms with Crippen molar-refractivity contribution in [3.05, 3.63) is 114 Å². The van der Waals surface area contributed by atoms with E-state index in [1.807, 2.05) is 12.2 Å². The van der Waals surface area contributed by atoms with E-state index >= 15 is 0 Å². The molecular weight excluding hydrogens is 316 g/mol. The molecule has 0 unspecified atom stereocenters. The summed E-state index contributed by atoms with van der Waals surface area (Å²) in [6.07, 6.45) is 7.15. The predicted octanol–water partition coefficient (Wildman–Crippen LogP) is 5.83. The molecule has 26 heavy (non-hydrogen) atoms. The lowest BCUT2D eigenvalue weighted by Crippen LogP contribution is -1.98. The van der Waals surface area contributed by atoms with Gasteiger partial charge in [0.15, 0.2) is 5.78 Å². The molecule has 0 heterocycles. The third-order valence-electron chi connectivity index (χ3n) is 5.04. The standard InChI is InChI=1S/C25H16O/c26-18-15-13-17(14-16-18)25-23-11-5-3-9-21(23)19-7-1-2-8-20(19)22-10-4-6-12-24(22)25/h1-16H. The minimum atomic E-state index is 0.0350. The predicted molar refractivity (Wildman–Crippen MR) is 107 cm³/mol. The second-order valence-corrected chi connectivity index (χ2v) is 6.54. The van der Waals surface area contributed by atoms with E-state index in [0.717, 1.165) is 5.57 Å². The zero-order chi connectivity index (χ0) is 17.5. The molecule has 5 rings (SSSR count). The number of fused-ring (bicyclic) bond motifs is 5. The van der Waals surface area contributed by atoms with E-state index < -0.39 is 0 Å². The molecule has 3 aromatic carbocycles. The molecule has 0 radical (unpaired) electrons. The molecule has 1 nitrogen and oxygen atoms in total. The molecule has 122 valence electrons. The van der Waals surface area contributed by atoms with Crippen molar-refractivity contribution in [2.75, 3.05) is 0 Å². The first-order chi connectivity index (χ1) is 12.8. The smallest absolute Gasteiger partial charge is 0.178 e. The number of hydrogen-bond donors (Lipinski definition) is 0. The first-order valence-electron chi connectivity index (χ1n) is 8.76. The zero-order valence-corrected chi connectivity index (χ0v) is 14.1. The Morgan fingerprint density at radius 1 is 0.423 bits per heavy atom. The Balaban J connectivity index is 1.96. The number of rotatable bonds is 0. The van der Waals surface area contributed by atoms with Crippen molar-refractivity contribution in [1.29, 1.82) is 0 Å². The maximum absolute atomic E-state index is 11.6. The van der Waals surface area contributed by atoms with E-state index in [1.54, 1.807) is 12.2 Å². The van der Waals surface area contributed by atoms with Gasteiger partial charge in [0, 0.05) is 0 Å². The number of benzene rings is 3. The highest BCUT2D eigenvalue weighted by Gasteiger charge is 2.23. The molecule has 2 aliphatic rings. The van der Waals surface area contributed by atoms with Gasteiger partial charge in [-0.25, -0.2) is 0 Å². The van der Waals surface area contributed by atoms with E-state index in [-0.39, 0.29) is 5.78 Å². The summed E-state index contributed by atoms with van der Waals surface area (Å²) in [5, 5.41) is 0. The lowest BCUT2D eigenvalue weighted by atomic mass is 9.88. The summed E-state index contributed by atoms with van der Waals surface area (Å²) >= 11 is 0. The average molecular weight is 332 g/mol. The Hall–Kier alpha value is -3.45. The second-order valence-electron chi connectivity index (χ2n) is 6.54. The van der Waals surface area contributed by atoms with E-state index in [0.29, 0.717) is 0 Å². The van der Waals surface area contributed by atoms with Crippen LogP contribution in [0.25, 0.3) is 27.8 Å². The largest absolute Gasteiger partial charge is 0.290 e. The Labute approximate surface area is 152 Å². The molecule has 0 spiro atoms. The van der Waals surface area contributed by atoms with Crippen molar-refractivity contribution < 1.29 is 4.79 Å². The van der Waals surface area contributed by atoms with Crippen LogP contribution in [0, 0.1) is 0 Å². The van der Waals surface area contributed by atoms with Crippen molar-refractivity contribution >= 4 is 11.4 Å². The summed E-state index contributed by atoms with van der Waals surface area (Å²) in [7, 11) is 0. The van der Waals surface area contributed by atoms with E-state index in [4.69, 9.17) is 0 Å². The van der Waals surface area contributed by atoms with Crippen molar-refractivity contribution in [2.45, 2.75) is 0 Å². The van der Waals surface area contributed by atoms with Gasteiger partial charge >= 0.3 is 0 Å². The molecular formula is C25H16O. The van der Waals surface area contributed by atoms with Crippen molar-refractivity contribution in [2.24, 2.45) is 0 Å². The minimum Gasteiger partial charge on any atom is -0.290 e. The van der Waals surface area contributed by atoms with Crippen LogP contribution in [0.3, 0.4) is 0 Å². The van der Waals surface area contributed by atoms with Crippen LogP contribution in [-0.2, 0) is 4.79 Å². The SMILES string of the molecule is O=C1C=CC(=C2c3ccccc3-c3ccccc3-c3ccccc32)C=C1. The summed E-state index contributed by atoms with van der Waals surface area (Å²) in [6, 6.07) is 25.6. The number of allylic oxidation sites excluding steroid dienone is 5. The maximum Gasteiger partial charge on any atom is 0.178 e. The van der Waals surface area contributed by atoms with Crippen LogP contribution in [0.4, 0.5) is 0 Å². The van der Waals surface area contributed by atoms with E-state index in [9.17, 15) is 4.79 Å². The number of carbonyl (C=O) groups is 1. The highest BCUT2D eigenvalue weighted by Crippen LogP contribution is 2.46. The Bertz CT molecular complexity index is 1060. The fraction of sp³-hybridized carbons (Fsp3) is 0. The molecule has 0 atom stereocenters. The van der Waals surface area contributed by atoms with Crippen LogP contribution in [0.5, 0.6) is 0 Å². The molecule has 0 amide bonds. The summed E-state index contributed by atoms with van der Waals surface area (Å²) in [6.45, 7) is 0. The molecule has 0 N–H and O–H groups in total. The first-order valence-corrected chi connectivity index (χ1v) is 8.76.